The summed E-state index contributed by atoms with van der Waals surface area (Å²) >= 11 is 1.48. The summed E-state index contributed by atoms with van der Waals surface area (Å²) in [6.45, 7) is 3.65. The average Bonchev–Trinajstić information content (AvgIpc) is 2.50. The molecule has 0 unspecified atom stereocenters. The van der Waals surface area contributed by atoms with Crippen molar-refractivity contribution in [3.05, 3.63) is 35.4 Å². The van der Waals surface area contributed by atoms with E-state index in [0.717, 1.165) is 17.1 Å². The minimum Gasteiger partial charge on any atom is -0.491 e. The molecule has 0 spiro atoms. The summed E-state index contributed by atoms with van der Waals surface area (Å²) in [5, 5.41) is 0.694. The van der Waals surface area contributed by atoms with Crippen LogP contribution in [0, 0.1) is 13.8 Å². The Morgan fingerprint density at radius 2 is 1.91 bits per heavy atom. The standard InChI is InChI=1S/C15H18N4O3S/c1-9-4-10(2)19-15(18-9)23-8-11-5-12(22-7-14(16)20)13(21-3)6-17-11/h4-6H,7-8H2,1-3H3,(H2,16,20). The van der Waals surface area contributed by atoms with Gasteiger partial charge in [0.05, 0.1) is 19.0 Å². The maximum Gasteiger partial charge on any atom is 0.255 e. The van der Waals surface area contributed by atoms with Crippen LogP contribution in [-0.2, 0) is 10.5 Å². The van der Waals surface area contributed by atoms with E-state index in [0.29, 0.717) is 22.4 Å². The van der Waals surface area contributed by atoms with Crippen LogP contribution in [0.4, 0.5) is 0 Å². The first-order chi connectivity index (χ1) is 11.0. The third kappa shape index (κ3) is 5.10. The van der Waals surface area contributed by atoms with Crippen LogP contribution in [0.5, 0.6) is 11.5 Å². The number of carbonyl (C=O) groups excluding carboxylic acids is 1. The van der Waals surface area contributed by atoms with Crippen molar-refractivity contribution in [3.63, 3.8) is 0 Å². The van der Waals surface area contributed by atoms with Crippen molar-refractivity contribution >= 4 is 17.7 Å². The highest BCUT2D eigenvalue weighted by Gasteiger charge is 2.10. The summed E-state index contributed by atoms with van der Waals surface area (Å²) in [5.74, 6) is 0.893. The fourth-order valence-corrected chi connectivity index (χ4v) is 2.71. The molecule has 0 aliphatic rings. The van der Waals surface area contributed by atoms with Crippen LogP contribution >= 0.6 is 11.8 Å². The number of thioether (sulfide) groups is 1. The number of primary amides is 1. The van der Waals surface area contributed by atoms with E-state index < -0.39 is 5.91 Å². The van der Waals surface area contributed by atoms with E-state index in [1.807, 2.05) is 19.9 Å². The molecule has 122 valence electrons. The van der Waals surface area contributed by atoms with Crippen LogP contribution in [0.1, 0.15) is 17.1 Å². The zero-order valence-corrected chi connectivity index (χ0v) is 14.0. The van der Waals surface area contributed by atoms with Gasteiger partial charge in [0.15, 0.2) is 23.3 Å². The number of pyridine rings is 1. The molecule has 2 rings (SSSR count). The Kier molecular flexibility index (Phi) is 5.75. The number of hydrogen-bond acceptors (Lipinski definition) is 7. The fraction of sp³-hybridized carbons (Fsp3) is 0.333. The molecule has 23 heavy (non-hydrogen) atoms. The summed E-state index contributed by atoms with van der Waals surface area (Å²) in [7, 11) is 1.51. The van der Waals surface area contributed by atoms with E-state index in [4.69, 9.17) is 15.2 Å². The van der Waals surface area contributed by atoms with Gasteiger partial charge in [0, 0.05) is 23.2 Å². The highest BCUT2D eigenvalue weighted by Crippen LogP contribution is 2.28. The molecule has 1 amide bonds. The Labute approximate surface area is 138 Å². The number of methoxy groups -OCH3 is 1. The zero-order valence-electron chi connectivity index (χ0n) is 13.2. The maximum atomic E-state index is 10.9. The highest BCUT2D eigenvalue weighted by atomic mass is 32.2. The van der Waals surface area contributed by atoms with Gasteiger partial charge in [0.1, 0.15) is 0 Å². The lowest BCUT2D eigenvalue weighted by Gasteiger charge is -2.10. The predicted molar refractivity (Wildman–Crippen MR) is 86.5 cm³/mol. The number of aromatic nitrogens is 3. The lowest BCUT2D eigenvalue weighted by molar-refractivity contribution is -0.119. The Morgan fingerprint density at radius 3 is 2.52 bits per heavy atom. The van der Waals surface area contributed by atoms with Gasteiger partial charge in [0.2, 0.25) is 0 Å². The number of nitrogens with two attached hydrogens (primary N) is 1. The molecule has 0 atom stereocenters. The number of aryl methyl sites for hydroxylation is 2. The monoisotopic (exact) mass is 334 g/mol. The minimum atomic E-state index is -0.552. The minimum absolute atomic E-state index is 0.215. The third-order valence-corrected chi connectivity index (χ3v) is 3.67. The van der Waals surface area contributed by atoms with Crippen LogP contribution in [0.3, 0.4) is 0 Å². The van der Waals surface area contributed by atoms with Crippen molar-refractivity contribution in [2.75, 3.05) is 13.7 Å². The van der Waals surface area contributed by atoms with E-state index in [2.05, 4.69) is 15.0 Å². The fourth-order valence-electron chi connectivity index (χ4n) is 1.86. The SMILES string of the molecule is COc1cnc(CSc2nc(C)cc(C)n2)cc1OCC(N)=O. The van der Waals surface area contributed by atoms with Crippen molar-refractivity contribution in [1.82, 2.24) is 15.0 Å². The van der Waals surface area contributed by atoms with Crippen LogP contribution in [0.25, 0.3) is 0 Å². The summed E-state index contributed by atoms with van der Waals surface area (Å²) in [6.07, 6.45) is 1.55. The van der Waals surface area contributed by atoms with Crippen molar-refractivity contribution in [3.8, 4) is 11.5 Å². The van der Waals surface area contributed by atoms with E-state index in [9.17, 15) is 4.79 Å². The van der Waals surface area contributed by atoms with E-state index in [-0.39, 0.29) is 6.61 Å². The van der Waals surface area contributed by atoms with Gasteiger partial charge in [-0.2, -0.15) is 0 Å². The Bertz CT molecular complexity index is 689. The molecule has 0 saturated carbocycles. The maximum absolute atomic E-state index is 10.9. The second-order valence-electron chi connectivity index (χ2n) is 4.80. The average molecular weight is 334 g/mol. The number of ether oxygens (including phenoxy) is 2. The number of hydrogen-bond donors (Lipinski definition) is 1. The van der Waals surface area contributed by atoms with Crippen molar-refractivity contribution in [2.24, 2.45) is 5.73 Å². The lowest BCUT2D eigenvalue weighted by atomic mass is 10.3. The Balaban J connectivity index is 2.10. The molecule has 8 heteroatoms. The molecule has 0 radical (unpaired) electrons. The molecular formula is C15H18N4O3S. The van der Waals surface area contributed by atoms with Crippen molar-refractivity contribution in [1.29, 1.82) is 0 Å². The molecule has 2 aromatic heterocycles. The van der Waals surface area contributed by atoms with Crippen LogP contribution < -0.4 is 15.2 Å². The highest BCUT2D eigenvalue weighted by molar-refractivity contribution is 7.98. The van der Waals surface area contributed by atoms with E-state index in [1.165, 1.54) is 18.9 Å². The Hall–Kier alpha value is -2.35. The zero-order chi connectivity index (χ0) is 16.8. The largest absolute Gasteiger partial charge is 0.491 e. The van der Waals surface area contributed by atoms with Crippen LogP contribution in [0.15, 0.2) is 23.5 Å². The summed E-state index contributed by atoms with van der Waals surface area (Å²) in [6, 6.07) is 3.64. The first-order valence-electron chi connectivity index (χ1n) is 6.87. The van der Waals surface area contributed by atoms with Crippen molar-refractivity contribution in [2.45, 2.75) is 24.8 Å². The number of nitrogens with zero attached hydrogens (tertiary/aromatic N) is 3. The Morgan fingerprint density at radius 1 is 1.22 bits per heavy atom. The summed E-state index contributed by atoms with van der Waals surface area (Å²) < 4.78 is 10.5. The normalized spacial score (nSPS) is 10.4. The lowest BCUT2D eigenvalue weighted by Crippen LogP contribution is -2.20. The van der Waals surface area contributed by atoms with Crippen LogP contribution in [-0.4, -0.2) is 34.6 Å². The topological polar surface area (TPSA) is 100 Å². The number of rotatable bonds is 7. The number of carbonyl (C=O) groups is 1. The van der Waals surface area contributed by atoms with Gasteiger partial charge in [-0.05, 0) is 19.9 Å². The molecule has 2 heterocycles. The molecular weight excluding hydrogens is 316 g/mol. The third-order valence-electron chi connectivity index (χ3n) is 2.79. The second kappa shape index (κ2) is 7.77. The van der Waals surface area contributed by atoms with Crippen molar-refractivity contribution < 1.29 is 14.3 Å². The first-order valence-corrected chi connectivity index (χ1v) is 7.85. The molecule has 0 aliphatic carbocycles. The molecule has 0 aliphatic heterocycles. The second-order valence-corrected chi connectivity index (χ2v) is 5.75. The molecule has 0 bridgehead atoms. The van der Waals surface area contributed by atoms with Gasteiger partial charge in [-0.1, -0.05) is 11.8 Å². The predicted octanol–water partition coefficient (Wildman–Crippen LogP) is 1.65. The molecule has 7 nitrogen and oxygen atoms in total. The molecule has 0 aromatic carbocycles. The van der Waals surface area contributed by atoms with E-state index in [1.54, 1.807) is 12.3 Å². The molecule has 0 fully saturated rings. The summed E-state index contributed by atoms with van der Waals surface area (Å²) in [4.78, 5) is 23.9. The van der Waals surface area contributed by atoms with Gasteiger partial charge in [0.25, 0.3) is 5.91 Å². The van der Waals surface area contributed by atoms with Gasteiger partial charge in [-0.3, -0.25) is 9.78 Å². The summed E-state index contributed by atoms with van der Waals surface area (Å²) in [5.41, 5.74) is 7.70. The van der Waals surface area contributed by atoms with Gasteiger partial charge in [-0.25, -0.2) is 9.97 Å². The van der Waals surface area contributed by atoms with Gasteiger partial charge < -0.3 is 15.2 Å². The van der Waals surface area contributed by atoms with Gasteiger partial charge in [-0.15, -0.1) is 0 Å². The number of amides is 1. The molecule has 2 aromatic rings. The van der Waals surface area contributed by atoms with Gasteiger partial charge >= 0.3 is 0 Å². The first kappa shape index (κ1) is 17.0. The molecule has 2 N–H and O–H groups in total. The van der Waals surface area contributed by atoms with E-state index >= 15 is 0 Å². The molecule has 0 saturated heterocycles. The van der Waals surface area contributed by atoms with Crippen LogP contribution in [0.2, 0.25) is 0 Å². The smallest absolute Gasteiger partial charge is 0.255 e. The quantitative estimate of drug-likeness (QED) is 0.607.